The van der Waals surface area contributed by atoms with Crippen LogP contribution in [-0.4, -0.2) is 26.5 Å². The summed E-state index contributed by atoms with van der Waals surface area (Å²) in [5.41, 5.74) is 3.47. The van der Waals surface area contributed by atoms with Crippen LogP contribution in [0.25, 0.3) is 0 Å². The summed E-state index contributed by atoms with van der Waals surface area (Å²) in [5.74, 6) is 0.743. The van der Waals surface area contributed by atoms with Crippen LogP contribution in [0.4, 0.5) is 0 Å². The summed E-state index contributed by atoms with van der Waals surface area (Å²) < 4.78 is 1.97. The molecule has 1 saturated carbocycles. The number of pyridine rings is 1. The first-order chi connectivity index (χ1) is 12.7. The van der Waals surface area contributed by atoms with Gasteiger partial charge in [-0.25, -0.2) is 9.97 Å². The van der Waals surface area contributed by atoms with Crippen LogP contribution in [0, 0.1) is 5.92 Å². The fourth-order valence-electron chi connectivity index (χ4n) is 3.72. The predicted molar refractivity (Wildman–Crippen MR) is 97.7 cm³/mol. The van der Waals surface area contributed by atoms with Gasteiger partial charge in [0.15, 0.2) is 0 Å². The minimum Gasteiger partial charge on any atom is -0.353 e. The molecule has 2 aliphatic rings. The van der Waals surface area contributed by atoms with Crippen molar-refractivity contribution in [3.05, 3.63) is 58.0 Å². The lowest BCUT2D eigenvalue weighted by Crippen LogP contribution is -2.40. The van der Waals surface area contributed by atoms with E-state index in [0.29, 0.717) is 18.8 Å². The number of nitrogens with one attached hydrogen (secondary N) is 1. The lowest BCUT2D eigenvalue weighted by molar-refractivity contribution is -0.121. The van der Waals surface area contributed by atoms with Crippen LogP contribution < -0.4 is 10.9 Å². The number of nitrogens with zero attached hydrogens (tertiary/aromatic N) is 3. The Morgan fingerprint density at radius 1 is 1.19 bits per heavy atom. The molecule has 1 amide bonds. The van der Waals surface area contributed by atoms with Crippen LogP contribution in [0.3, 0.4) is 0 Å². The molecule has 0 saturated heterocycles. The van der Waals surface area contributed by atoms with Gasteiger partial charge in [-0.05, 0) is 55.6 Å². The number of fused-ring (bicyclic) bond motifs is 1. The van der Waals surface area contributed by atoms with Gasteiger partial charge in [0.05, 0.1) is 0 Å². The summed E-state index contributed by atoms with van der Waals surface area (Å²) in [4.78, 5) is 32.4. The van der Waals surface area contributed by atoms with Gasteiger partial charge in [0.1, 0.15) is 6.33 Å². The maximum Gasteiger partial charge on any atom is 0.250 e. The number of hydrogen-bond donors (Lipinski definition) is 1. The smallest absolute Gasteiger partial charge is 0.250 e. The first-order valence-corrected chi connectivity index (χ1v) is 9.44. The number of aromatic nitrogens is 3. The summed E-state index contributed by atoms with van der Waals surface area (Å²) in [5, 5.41) is 3.15. The summed E-state index contributed by atoms with van der Waals surface area (Å²) >= 11 is 0. The van der Waals surface area contributed by atoms with Crippen LogP contribution in [0.2, 0.25) is 0 Å². The maximum atomic E-state index is 12.3. The zero-order valence-electron chi connectivity index (χ0n) is 14.9. The van der Waals surface area contributed by atoms with Crippen LogP contribution >= 0.6 is 0 Å². The molecule has 0 aromatic carbocycles. The zero-order chi connectivity index (χ0) is 17.9. The van der Waals surface area contributed by atoms with Crippen molar-refractivity contribution in [1.82, 2.24) is 19.9 Å². The summed E-state index contributed by atoms with van der Waals surface area (Å²) in [6.45, 7) is 0.859. The lowest BCUT2D eigenvalue weighted by atomic mass is 9.91. The minimum absolute atomic E-state index is 0.0635. The molecule has 1 unspecified atom stereocenters. The van der Waals surface area contributed by atoms with E-state index in [1.165, 1.54) is 30.4 Å². The average molecular weight is 352 g/mol. The average Bonchev–Trinajstić information content (AvgIpc) is 3.47. The largest absolute Gasteiger partial charge is 0.353 e. The van der Waals surface area contributed by atoms with Crippen molar-refractivity contribution in [3.8, 4) is 0 Å². The molecule has 1 atom stereocenters. The molecule has 2 aliphatic carbocycles. The molecular weight excluding hydrogens is 328 g/mol. The molecule has 1 N–H and O–H groups in total. The second-order valence-electron chi connectivity index (χ2n) is 7.45. The van der Waals surface area contributed by atoms with Gasteiger partial charge >= 0.3 is 0 Å². The molecule has 6 nitrogen and oxygen atoms in total. The molecule has 0 bridgehead atoms. The highest BCUT2D eigenvalue weighted by Gasteiger charge is 2.27. The third-order valence-corrected chi connectivity index (χ3v) is 5.34. The van der Waals surface area contributed by atoms with E-state index < -0.39 is 0 Å². The first-order valence-electron chi connectivity index (χ1n) is 9.44. The van der Waals surface area contributed by atoms with Gasteiger partial charge in [-0.1, -0.05) is 6.07 Å². The van der Waals surface area contributed by atoms with Gasteiger partial charge in [-0.3, -0.25) is 9.59 Å². The molecule has 26 heavy (non-hydrogen) atoms. The topological polar surface area (TPSA) is 76.9 Å². The predicted octanol–water partition coefficient (Wildman–Crippen LogP) is 1.65. The Morgan fingerprint density at radius 3 is 2.77 bits per heavy atom. The van der Waals surface area contributed by atoms with Crippen molar-refractivity contribution in [2.75, 3.05) is 0 Å². The van der Waals surface area contributed by atoms with Crippen molar-refractivity contribution in [2.45, 2.75) is 57.5 Å². The van der Waals surface area contributed by atoms with Crippen molar-refractivity contribution in [3.63, 3.8) is 0 Å². The molecule has 2 aromatic heterocycles. The van der Waals surface area contributed by atoms with Crippen molar-refractivity contribution in [1.29, 1.82) is 0 Å². The Morgan fingerprint density at radius 2 is 2.00 bits per heavy atom. The first kappa shape index (κ1) is 16.9. The van der Waals surface area contributed by atoms with E-state index in [9.17, 15) is 9.59 Å². The number of amides is 1. The van der Waals surface area contributed by atoms with Gasteiger partial charge < -0.3 is 9.88 Å². The van der Waals surface area contributed by atoms with Crippen LogP contribution in [-0.2, 0) is 30.6 Å². The quantitative estimate of drug-likeness (QED) is 0.858. The molecule has 6 heteroatoms. The number of aryl methyl sites for hydroxylation is 1. The molecule has 2 heterocycles. The van der Waals surface area contributed by atoms with Crippen molar-refractivity contribution >= 4 is 5.91 Å². The standard InChI is InChI=1S/C20H24N4O2/c25-19(7-3-15-10-21-13-22-11-15)23-17-5-6-18-16(9-17)4-8-20(26)24(18)12-14-1-2-14/h4,8,10-11,13-14,17H,1-3,5-7,9,12H2,(H,23,25). The van der Waals surface area contributed by atoms with Gasteiger partial charge in [0.2, 0.25) is 5.91 Å². The van der Waals surface area contributed by atoms with Crippen LogP contribution in [0.5, 0.6) is 0 Å². The van der Waals surface area contributed by atoms with Crippen LogP contribution in [0.15, 0.2) is 35.6 Å². The molecule has 0 aliphatic heterocycles. The highest BCUT2D eigenvalue weighted by molar-refractivity contribution is 5.76. The van der Waals surface area contributed by atoms with E-state index in [4.69, 9.17) is 0 Å². The van der Waals surface area contributed by atoms with E-state index in [1.54, 1.807) is 18.5 Å². The monoisotopic (exact) mass is 352 g/mol. The third-order valence-electron chi connectivity index (χ3n) is 5.34. The SMILES string of the molecule is O=C(CCc1cncnc1)NC1CCc2c(ccc(=O)n2CC2CC2)C1. The summed E-state index contributed by atoms with van der Waals surface area (Å²) in [7, 11) is 0. The summed E-state index contributed by atoms with van der Waals surface area (Å²) in [6.07, 6.45) is 11.1. The van der Waals surface area contributed by atoms with Crippen molar-refractivity contribution < 1.29 is 4.79 Å². The number of carbonyl (C=O) groups excluding carboxylic acids is 1. The highest BCUT2D eigenvalue weighted by atomic mass is 16.1. The number of carbonyl (C=O) groups is 1. The molecular formula is C20H24N4O2. The Labute approximate surface area is 152 Å². The van der Waals surface area contributed by atoms with E-state index in [-0.39, 0.29) is 17.5 Å². The van der Waals surface area contributed by atoms with Crippen molar-refractivity contribution in [2.24, 2.45) is 5.92 Å². The molecule has 0 radical (unpaired) electrons. The molecule has 2 aromatic rings. The molecule has 136 valence electrons. The highest BCUT2D eigenvalue weighted by Crippen LogP contribution is 2.31. The third kappa shape index (κ3) is 4.00. The Hall–Kier alpha value is -2.50. The van der Waals surface area contributed by atoms with Gasteiger partial charge in [-0.2, -0.15) is 0 Å². The maximum absolute atomic E-state index is 12.3. The molecule has 1 fully saturated rings. The fraction of sp³-hybridized carbons (Fsp3) is 0.500. The van der Waals surface area contributed by atoms with E-state index >= 15 is 0 Å². The fourth-order valence-corrected chi connectivity index (χ4v) is 3.72. The minimum atomic E-state index is 0.0635. The van der Waals surface area contributed by atoms with Gasteiger partial charge in [0, 0.05) is 43.2 Å². The number of rotatable bonds is 6. The van der Waals surface area contributed by atoms with Gasteiger partial charge in [-0.15, -0.1) is 0 Å². The van der Waals surface area contributed by atoms with Crippen LogP contribution in [0.1, 0.15) is 42.5 Å². The van der Waals surface area contributed by atoms with E-state index in [0.717, 1.165) is 31.4 Å². The zero-order valence-corrected chi connectivity index (χ0v) is 14.9. The second kappa shape index (κ2) is 7.40. The molecule has 4 rings (SSSR count). The Balaban J connectivity index is 1.36. The Kier molecular flexibility index (Phi) is 4.82. The second-order valence-corrected chi connectivity index (χ2v) is 7.45. The van der Waals surface area contributed by atoms with Gasteiger partial charge in [0.25, 0.3) is 5.56 Å². The summed E-state index contributed by atoms with van der Waals surface area (Å²) in [6, 6.07) is 3.77. The van der Waals surface area contributed by atoms with E-state index in [2.05, 4.69) is 15.3 Å². The molecule has 0 spiro atoms. The lowest BCUT2D eigenvalue weighted by Gasteiger charge is -2.27. The van der Waals surface area contributed by atoms with E-state index in [1.807, 2.05) is 10.6 Å². The normalized spacial score (nSPS) is 19.0. The Bertz CT molecular complexity index is 843. The number of hydrogen-bond acceptors (Lipinski definition) is 4.